The number of hydrogen-bond acceptors (Lipinski definition) is 6. The lowest BCUT2D eigenvalue weighted by Gasteiger charge is -2.07. The monoisotopic (exact) mass is 285 g/mol. The van der Waals surface area contributed by atoms with Gasteiger partial charge in [0.15, 0.2) is 5.69 Å². The van der Waals surface area contributed by atoms with Crippen molar-refractivity contribution in [3.05, 3.63) is 57.8 Å². The van der Waals surface area contributed by atoms with E-state index < -0.39 is 28.2 Å². The van der Waals surface area contributed by atoms with Crippen LogP contribution in [0.5, 0.6) is 11.6 Å². The molecule has 2 aromatic rings. The molecule has 1 N–H and O–H groups in total. The zero-order valence-electron chi connectivity index (χ0n) is 10.4. The molecule has 8 heteroatoms. The van der Waals surface area contributed by atoms with Crippen LogP contribution in [0.15, 0.2) is 36.4 Å². The Morgan fingerprint density at radius 2 is 2.05 bits per heavy atom. The van der Waals surface area contributed by atoms with Gasteiger partial charge in [0.05, 0.1) is 10.5 Å². The lowest BCUT2D eigenvalue weighted by atomic mass is 10.2. The largest absolute Gasteiger partial charge is 0.477 e. The fourth-order valence-corrected chi connectivity index (χ4v) is 1.52. The van der Waals surface area contributed by atoms with Crippen LogP contribution in [0.4, 0.5) is 5.69 Å². The predicted octanol–water partition coefficient (Wildman–Crippen LogP) is 2.35. The second-order valence-electron chi connectivity index (χ2n) is 3.79. The second kappa shape index (κ2) is 5.66. The SMILES string of the molecule is N#Cc1ccccc1Oc1nc(C(=O)O)ccc1[N+](=O)[O-]. The summed E-state index contributed by atoms with van der Waals surface area (Å²) >= 11 is 0. The summed E-state index contributed by atoms with van der Waals surface area (Å²) in [5.41, 5.74) is -0.743. The van der Waals surface area contributed by atoms with Crippen molar-refractivity contribution >= 4 is 11.7 Å². The van der Waals surface area contributed by atoms with Crippen LogP contribution in [0.3, 0.4) is 0 Å². The van der Waals surface area contributed by atoms with Gasteiger partial charge in [0.2, 0.25) is 0 Å². The van der Waals surface area contributed by atoms with E-state index in [-0.39, 0.29) is 11.3 Å². The van der Waals surface area contributed by atoms with Crippen LogP contribution < -0.4 is 4.74 Å². The number of nitriles is 1. The number of ether oxygens (including phenoxy) is 1. The van der Waals surface area contributed by atoms with E-state index in [1.807, 2.05) is 6.07 Å². The Labute approximate surface area is 118 Å². The Morgan fingerprint density at radius 3 is 2.67 bits per heavy atom. The van der Waals surface area contributed by atoms with Gasteiger partial charge >= 0.3 is 17.5 Å². The molecule has 1 aromatic carbocycles. The van der Waals surface area contributed by atoms with Gasteiger partial charge in [-0.05, 0) is 18.2 Å². The summed E-state index contributed by atoms with van der Waals surface area (Å²) < 4.78 is 5.25. The number of hydrogen-bond donors (Lipinski definition) is 1. The van der Waals surface area contributed by atoms with Crippen molar-refractivity contribution < 1.29 is 19.6 Å². The van der Waals surface area contributed by atoms with Crippen molar-refractivity contribution in [2.75, 3.05) is 0 Å². The summed E-state index contributed by atoms with van der Waals surface area (Å²) in [6.45, 7) is 0. The molecule has 1 aromatic heterocycles. The van der Waals surface area contributed by atoms with Crippen LogP contribution in [0, 0.1) is 21.4 Å². The highest BCUT2D eigenvalue weighted by atomic mass is 16.6. The van der Waals surface area contributed by atoms with Crippen LogP contribution >= 0.6 is 0 Å². The highest BCUT2D eigenvalue weighted by molar-refractivity contribution is 5.85. The van der Waals surface area contributed by atoms with Gasteiger partial charge in [-0.25, -0.2) is 4.79 Å². The third-order valence-corrected chi connectivity index (χ3v) is 2.47. The normalized spacial score (nSPS) is 9.67. The summed E-state index contributed by atoms with van der Waals surface area (Å²) in [7, 11) is 0. The third-order valence-electron chi connectivity index (χ3n) is 2.47. The van der Waals surface area contributed by atoms with E-state index >= 15 is 0 Å². The van der Waals surface area contributed by atoms with Crippen molar-refractivity contribution in [3.63, 3.8) is 0 Å². The van der Waals surface area contributed by atoms with Crippen molar-refractivity contribution in [2.45, 2.75) is 0 Å². The van der Waals surface area contributed by atoms with Gasteiger partial charge in [-0.2, -0.15) is 10.2 Å². The molecule has 0 radical (unpaired) electrons. The third kappa shape index (κ3) is 2.93. The molecule has 0 saturated heterocycles. The zero-order chi connectivity index (χ0) is 15.4. The first kappa shape index (κ1) is 14.0. The Hall–Kier alpha value is -3.47. The number of nitrogens with zero attached hydrogens (tertiary/aromatic N) is 3. The molecule has 0 aliphatic rings. The molecule has 1 heterocycles. The zero-order valence-corrected chi connectivity index (χ0v) is 10.4. The summed E-state index contributed by atoms with van der Waals surface area (Å²) in [4.78, 5) is 24.6. The maximum Gasteiger partial charge on any atom is 0.354 e. The summed E-state index contributed by atoms with van der Waals surface area (Å²) in [6, 6.07) is 9.91. The topological polar surface area (TPSA) is 126 Å². The van der Waals surface area contributed by atoms with Crippen LogP contribution in [-0.4, -0.2) is 21.0 Å². The van der Waals surface area contributed by atoms with Gasteiger partial charge in [-0.1, -0.05) is 12.1 Å². The minimum absolute atomic E-state index is 0.0538. The first-order chi connectivity index (χ1) is 10.0. The lowest BCUT2D eigenvalue weighted by molar-refractivity contribution is -0.386. The fraction of sp³-hybridized carbons (Fsp3) is 0. The van der Waals surface area contributed by atoms with Gasteiger partial charge < -0.3 is 9.84 Å². The molecule has 2 rings (SSSR count). The molecule has 8 nitrogen and oxygen atoms in total. The van der Waals surface area contributed by atoms with Crippen molar-refractivity contribution in [2.24, 2.45) is 0 Å². The minimum atomic E-state index is -1.34. The maximum atomic E-state index is 10.9. The number of para-hydroxylation sites is 1. The van der Waals surface area contributed by atoms with Gasteiger partial charge in [0.25, 0.3) is 0 Å². The molecular formula is C13H7N3O5. The van der Waals surface area contributed by atoms with Gasteiger partial charge in [0.1, 0.15) is 11.8 Å². The number of pyridine rings is 1. The number of carbonyl (C=O) groups is 1. The Balaban J connectivity index is 2.51. The van der Waals surface area contributed by atoms with E-state index in [0.717, 1.165) is 12.1 Å². The maximum absolute atomic E-state index is 10.9. The summed E-state index contributed by atoms with van der Waals surface area (Å²) in [6.07, 6.45) is 0. The van der Waals surface area contributed by atoms with E-state index in [9.17, 15) is 14.9 Å². The molecule has 0 aliphatic carbocycles. The molecule has 0 saturated carbocycles. The van der Waals surface area contributed by atoms with Gasteiger partial charge in [-0.15, -0.1) is 0 Å². The van der Waals surface area contributed by atoms with Crippen molar-refractivity contribution in [3.8, 4) is 17.7 Å². The summed E-state index contributed by atoms with van der Waals surface area (Å²) in [5, 5.41) is 28.7. The molecular weight excluding hydrogens is 278 g/mol. The number of rotatable bonds is 4. The number of carboxylic acids is 1. The Bertz CT molecular complexity index is 767. The molecule has 0 atom stereocenters. The average Bonchev–Trinajstić information content (AvgIpc) is 2.47. The molecule has 0 spiro atoms. The number of nitro groups is 1. The van der Waals surface area contributed by atoms with Crippen LogP contribution in [0.25, 0.3) is 0 Å². The number of carboxylic acid groups (broad SMARTS) is 1. The number of benzene rings is 1. The van der Waals surface area contributed by atoms with Gasteiger partial charge in [0, 0.05) is 6.07 Å². The van der Waals surface area contributed by atoms with Crippen molar-refractivity contribution in [1.29, 1.82) is 5.26 Å². The van der Waals surface area contributed by atoms with Crippen LogP contribution in [0.1, 0.15) is 16.1 Å². The molecule has 0 aliphatic heterocycles. The van der Waals surface area contributed by atoms with E-state index in [1.165, 1.54) is 12.1 Å². The van der Waals surface area contributed by atoms with Crippen molar-refractivity contribution in [1.82, 2.24) is 4.98 Å². The first-order valence-corrected chi connectivity index (χ1v) is 5.58. The van der Waals surface area contributed by atoms with E-state index in [4.69, 9.17) is 15.1 Å². The minimum Gasteiger partial charge on any atom is -0.477 e. The van der Waals surface area contributed by atoms with Crippen LogP contribution in [-0.2, 0) is 0 Å². The highest BCUT2D eigenvalue weighted by Crippen LogP contribution is 2.31. The summed E-state index contributed by atoms with van der Waals surface area (Å²) in [5.74, 6) is -1.77. The molecule has 0 fully saturated rings. The van der Waals surface area contributed by atoms with Crippen LogP contribution in [0.2, 0.25) is 0 Å². The fourth-order valence-electron chi connectivity index (χ4n) is 1.52. The quantitative estimate of drug-likeness (QED) is 0.674. The average molecular weight is 285 g/mol. The molecule has 0 bridgehead atoms. The highest BCUT2D eigenvalue weighted by Gasteiger charge is 2.21. The van der Waals surface area contributed by atoms with E-state index in [1.54, 1.807) is 12.1 Å². The predicted molar refractivity (Wildman–Crippen MR) is 69.1 cm³/mol. The van der Waals surface area contributed by atoms with Gasteiger partial charge in [-0.3, -0.25) is 10.1 Å². The molecule has 104 valence electrons. The molecule has 0 unspecified atom stereocenters. The first-order valence-electron chi connectivity index (χ1n) is 5.58. The van der Waals surface area contributed by atoms with E-state index in [0.29, 0.717) is 0 Å². The Kier molecular flexibility index (Phi) is 3.76. The standard InChI is InChI=1S/C13H7N3O5/c14-7-8-3-1-2-4-11(8)21-12-10(16(19)20)6-5-9(15-12)13(17)18/h1-6H,(H,17,18). The Morgan fingerprint density at radius 1 is 1.33 bits per heavy atom. The lowest BCUT2D eigenvalue weighted by Crippen LogP contribution is -2.04. The number of aromatic carboxylic acids is 1. The molecule has 0 amide bonds. The van der Waals surface area contributed by atoms with E-state index in [2.05, 4.69) is 4.98 Å². The molecule has 21 heavy (non-hydrogen) atoms. The smallest absolute Gasteiger partial charge is 0.354 e. The number of aromatic nitrogens is 1. The second-order valence-corrected chi connectivity index (χ2v) is 3.79.